The first-order valence-electron chi connectivity index (χ1n) is 7.16. The van der Waals surface area contributed by atoms with Crippen LogP contribution >= 0.6 is 0 Å². The van der Waals surface area contributed by atoms with E-state index in [1.165, 1.54) is 0 Å². The molecular formula is C17H17N5O. The first kappa shape index (κ1) is 14.9. The predicted molar refractivity (Wildman–Crippen MR) is 88.8 cm³/mol. The van der Waals surface area contributed by atoms with Crippen LogP contribution in [-0.4, -0.2) is 28.6 Å². The lowest BCUT2D eigenvalue weighted by Gasteiger charge is -2.16. The van der Waals surface area contributed by atoms with Crippen molar-refractivity contribution in [2.75, 3.05) is 19.0 Å². The molecule has 0 aliphatic carbocycles. The molecule has 2 aromatic heterocycles. The lowest BCUT2D eigenvalue weighted by atomic mass is 10.2. The fourth-order valence-corrected chi connectivity index (χ4v) is 2.43. The van der Waals surface area contributed by atoms with E-state index in [1.54, 1.807) is 18.6 Å². The largest absolute Gasteiger partial charge is 0.455 e. The maximum Gasteiger partial charge on any atom is 0.148 e. The summed E-state index contributed by atoms with van der Waals surface area (Å²) in [5.74, 6) is 1.34. The summed E-state index contributed by atoms with van der Waals surface area (Å²) in [6.07, 6.45) is 3.37. The highest BCUT2D eigenvalue weighted by molar-refractivity contribution is 5.90. The molecule has 0 amide bonds. The summed E-state index contributed by atoms with van der Waals surface area (Å²) in [6, 6.07) is 7.64. The van der Waals surface area contributed by atoms with E-state index in [1.807, 2.05) is 55.7 Å². The van der Waals surface area contributed by atoms with Gasteiger partial charge in [-0.1, -0.05) is 0 Å². The van der Waals surface area contributed by atoms with E-state index in [9.17, 15) is 0 Å². The van der Waals surface area contributed by atoms with Crippen molar-refractivity contribution in [3.63, 3.8) is 0 Å². The number of nitrogens with zero attached hydrogens (tertiary/aromatic N) is 5. The highest BCUT2D eigenvalue weighted by Gasteiger charge is 2.12. The third-order valence-electron chi connectivity index (χ3n) is 3.67. The molecule has 0 aliphatic rings. The van der Waals surface area contributed by atoms with Gasteiger partial charge in [0, 0.05) is 33.3 Å². The highest BCUT2D eigenvalue weighted by Crippen LogP contribution is 2.33. The summed E-state index contributed by atoms with van der Waals surface area (Å²) in [6.45, 7) is 1.90. The van der Waals surface area contributed by atoms with Crippen molar-refractivity contribution < 1.29 is 4.74 Å². The normalized spacial score (nSPS) is 10.6. The van der Waals surface area contributed by atoms with Crippen LogP contribution in [-0.2, 0) is 7.05 Å². The third-order valence-corrected chi connectivity index (χ3v) is 3.67. The number of anilines is 1. The quantitative estimate of drug-likeness (QED) is 0.744. The number of aryl methyl sites for hydroxylation is 2. The average Bonchev–Trinajstić information content (AvgIpc) is 2.90. The minimum atomic E-state index is 0.380. The number of benzene rings is 1. The first-order valence-corrected chi connectivity index (χ1v) is 7.16. The van der Waals surface area contributed by atoms with E-state index in [4.69, 9.17) is 10.00 Å². The zero-order valence-corrected chi connectivity index (χ0v) is 13.5. The maximum atomic E-state index is 8.90. The zero-order chi connectivity index (χ0) is 16.6. The van der Waals surface area contributed by atoms with Crippen molar-refractivity contribution in [3.8, 4) is 17.6 Å². The lowest BCUT2D eigenvalue weighted by molar-refractivity contribution is 0.477. The monoisotopic (exact) mass is 307 g/mol. The number of hydrogen-bond donors (Lipinski definition) is 0. The number of rotatable bonds is 3. The number of pyridine rings is 1. The van der Waals surface area contributed by atoms with E-state index in [2.05, 4.69) is 9.97 Å². The Bertz CT molecular complexity index is 921. The molecular weight excluding hydrogens is 290 g/mol. The fraction of sp³-hybridized carbons (Fsp3) is 0.235. The van der Waals surface area contributed by atoms with Gasteiger partial charge in [0.05, 0.1) is 23.7 Å². The Morgan fingerprint density at radius 3 is 2.65 bits per heavy atom. The lowest BCUT2D eigenvalue weighted by Crippen LogP contribution is -2.09. The molecule has 0 N–H and O–H groups in total. The summed E-state index contributed by atoms with van der Waals surface area (Å²) in [5, 5.41) is 8.90. The molecule has 0 saturated carbocycles. The summed E-state index contributed by atoms with van der Waals surface area (Å²) < 4.78 is 7.95. The van der Waals surface area contributed by atoms with Gasteiger partial charge >= 0.3 is 0 Å². The molecule has 0 spiro atoms. The van der Waals surface area contributed by atoms with Crippen molar-refractivity contribution in [1.82, 2.24) is 14.5 Å². The van der Waals surface area contributed by atoms with E-state index in [0.717, 1.165) is 22.3 Å². The van der Waals surface area contributed by atoms with Gasteiger partial charge in [-0.25, -0.2) is 9.97 Å². The standard InChI is InChI=1S/C17H17N5O/c1-11-5-12(8-18)19-9-16(11)23-13-6-14(21(2)3)17-15(7-13)22(4)10-20-17/h5-7,9-10H,1-4H3. The van der Waals surface area contributed by atoms with Crippen LogP contribution in [0.1, 0.15) is 11.3 Å². The van der Waals surface area contributed by atoms with E-state index >= 15 is 0 Å². The molecule has 0 radical (unpaired) electrons. The molecule has 3 aromatic rings. The number of ether oxygens (including phenoxy) is 1. The van der Waals surface area contributed by atoms with Crippen LogP contribution in [0.4, 0.5) is 5.69 Å². The molecule has 0 aliphatic heterocycles. The van der Waals surface area contributed by atoms with Gasteiger partial charge in [-0.3, -0.25) is 0 Å². The molecule has 0 unspecified atom stereocenters. The molecule has 0 atom stereocenters. The van der Waals surface area contributed by atoms with E-state index in [0.29, 0.717) is 17.2 Å². The number of hydrogen-bond acceptors (Lipinski definition) is 5. The summed E-state index contributed by atoms with van der Waals surface area (Å²) in [5.41, 5.74) is 4.15. The van der Waals surface area contributed by atoms with Gasteiger partial charge in [-0.05, 0) is 18.6 Å². The summed E-state index contributed by atoms with van der Waals surface area (Å²) in [7, 11) is 5.90. The number of fused-ring (bicyclic) bond motifs is 1. The van der Waals surface area contributed by atoms with Crippen LogP contribution in [0.5, 0.6) is 11.5 Å². The molecule has 0 saturated heterocycles. The van der Waals surface area contributed by atoms with E-state index < -0.39 is 0 Å². The Labute approximate surface area is 134 Å². The average molecular weight is 307 g/mol. The predicted octanol–water partition coefficient (Wildman–Crippen LogP) is 3.01. The second kappa shape index (κ2) is 5.61. The molecule has 1 aromatic carbocycles. The smallest absolute Gasteiger partial charge is 0.148 e. The van der Waals surface area contributed by atoms with Crippen LogP contribution in [0, 0.1) is 18.3 Å². The van der Waals surface area contributed by atoms with Gasteiger partial charge in [-0.15, -0.1) is 0 Å². The van der Waals surface area contributed by atoms with Crippen molar-refractivity contribution in [2.45, 2.75) is 6.92 Å². The molecule has 3 rings (SSSR count). The van der Waals surface area contributed by atoms with Crippen molar-refractivity contribution in [3.05, 3.63) is 42.0 Å². The van der Waals surface area contributed by atoms with Crippen LogP contribution in [0.15, 0.2) is 30.7 Å². The maximum absolute atomic E-state index is 8.90. The Balaban J connectivity index is 2.07. The SMILES string of the molecule is Cc1cc(C#N)ncc1Oc1cc(N(C)C)c2ncn(C)c2c1. The van der Waals surface area contributed by atoms with Crippen molar-refractivity contribution in [1.29, 1.82) is 5.26 Å². The first-order chi connectivity index (χ1) is 11.0. The van der Waals surface area contributed by atoms with Crippen LogP contribution in [0.25, 0.3) is 11.0 Å². The molecule has 2 heterocycles. The Morgan fingerprint density at radius 2 is 2.00 bits per heavy atom. The molecule has 6 nitrogen and oxygen atoms in total. The van der Waals surface area contributed by atoms with Crippen LogP contribution in [0.3, 0.4) is 0 Å². The van der Waals surface area contributed by atoms with Gasteiger partial charge in [0.1, 0.15) is 28.8 Å². The molecule has 23 heavy (non-hydrogen) atoms. The van der Waals surface area contributed by atoms with Crippen molar-refractivity contribution >= 4 is 16.7 Å². The number of imidazole rings is 1. The van der Waals surface area contributed by atoms with Gasteiger partial charge in [0.25, 0.3) is 0 Å². The fourth-order valence-electron chi connectivity index (χ4n) is 2.43. The van der Waals surface area contributed by atoms with Crippen LogP contribution in [0.2, 0.25) is 0 Å². The summed E-state index contributed by atoms with van der Waals surface area (Å²) in [4.78, 5) is 10.5. The molecule has 0 fully saturated rings. The van der Waals surface area contributed by atoms with Gasteiger partial charge in [0.2, 0.25) is 0 Å². The second-order valence-corrected chi connectivity index (χ2v) is 5.61. The Morgan fingerprint density at radius 1 is 1.22 bits per heavy atom. The Hall–Kier alpha value is -3.07. The number of nitriles is 1. The summed E-state index contributed by atoms with van der Waals surface area (Å²) >= 11 is 0. The highest BCUT2D eigenvalue weighted by atomic mass is 16.5. The number of aromatic nitrogens is 3. The van der Waals surface area contributed by atoms with Crippen molar-refractivity contribution in [2.24, 2.45) is 7.05 Å². The molecule has 6 heteroatoms. The van der Waals surface area contributed by atoms with Gasteiger partial charge < -0.3 is 14.2 Å². The topological polar surface area (TPSA) is 67.0 Å². The third kappa shape index (κ3) is 2.69. The van der Waals surface area contributed by atoms with E-state index in [-0.39, 0.29) is 0 Å². The van der Waals surface area contributed by atoms with Gasteiger partial charge in [0.15, 0.2) is 0 Å². The second-order valence-electron chi connectivity index (χ2n) is 5.61. The van der Waals surface area contributed by atoms with Gasteiger partial charge in [-0.2, -0.15) is 5.26 Å². The minimum absolute atomic E-state index is 0.380. The Kier molecular flexibility index (Phi) is 3.62. The van der Waals surface area contributed by atoms with Crippen LogP contribution < -0.4 is 9.64 Å². The zero-order valence-electron chi connectivity index (χ0n) is 13.5. The minimum Gasteiger partial charge on any atom is -0.455 e. The molecule has 0 bridgehead atoms. The molecule has 116 valence electrons.